The third kappa shape index (κ3) is 3.17. The van der Waals surface area contributed by atoms with Crippen molar-refractivity contribution in [2.75, 3.05) is 11.9 Å². The standard InChI is InChI=1S/C22H18N2O4S/c1-22(11-15-4-2-3-5-16(15)19(25)28-22)20(26)24-21-23-17(12-29-21)13-6-7-18-14(10-13)8-9-27-18/h2-7,10,12H,8-9,11H2,1H3,(H,23,24,26). The van der Waals surface area contributed by atoms with Crippen LogP contribution in [0.25, 0.3) is 11.3 Å². The van der Waals surface area contributed by atoms with Crippen LogP contribution in [0.3, 0.4) is 0 Å². The van der Waals surface area contributed by atoms with Crippen LogP contribution in [0.2, 0.25) is 0 Å². The van der Waals surface area contributed by atoms with E-state index in [1.807, 2.05) is 29.6 Å². The number of carbonyl (C=O) groups excluding carboxylic acids is 2. The summed E-state index contributed by atoms with van der Waals surface area (Å²) in [5.41, 5.74) is 2.98. The van der Waals surface area contributed by atoms with E-state index in [2.05, 4.69) is 16.4 Å². The molecule has 0 fully saturated rings. The first-order chi connectivity index (χ1) is 14.0. The summed E-state index contributed by atoms with van der Waals surface area (Å²) in [4.78, 5) is 29.8. The van der Waals surface area contributed by atoms with Crippen molar-refractivity contribution in [3.05, 3.63) is 64.5 Å². The van der Waals surface area contributed by atoms with Crippen LogP contribution >= 0.6 is 11.3 Å². The Morgan fingerprint density at radius 1 is 1.21 bits per heavy atom. The Morgan fingerprint density at radius 3 is 2.97 bits per heavy atom. The van der Waals surface area contributed by atoms with E-state index in [9.17, 15) is 9.59 Å². The molecule has 2 aromatic carbocycles. The molecule has 0 aliphatic carbocycles. The number of esters is 1. The van der Waals surface area contributed by atoms with E-state index in [1.165, 1.54) is 16.9 Å². The molecule has 0 saturated carbocycles. The molecule has 5 rings (SSSR count). The first-order valence-electron chi connectivity index (χ1n) is 9.36. The van der Waals surface area contributed by atoms with Crippen molar-refractivity contribution in [2.45, 2.75) is 25.4 Å². The number of nitrogens with zero attached hydrogens (tertiary/aromatic N) is 1. The highest BCUT2D eigenvalue weighted by Gasteiger charge is 2.42. The Balaban J connectivity index is 1.35. The van der Waals surface area contributed by atoms with Gasteiger partial charge in [0.15, 0.2) is 10.7 Å². The molecule has 1 unspecified atom stereocenters. The van der Waals surface area contributed by atoms with Gasteiger partial charge in [-0.3, -0.25) is 10.1 Å². The molecule has 3 heterocycles. The molecule has 0 bridgehead atoms. The molecule has 29 heavy (non-hydrogen) atoms. The molecule has 1 atom stereocenters. The molecule has 0 saturated heterocycles. The van der Waals surface area contributed by atoms with Crippen molar-refractivity contribution >= 4 is 28.3 Å². The van der Waals surface area contributed by atoms with E-state index in [1.54, 1.807) is 19.1 Å². The van der Waals surface area contributed by atoms with E-state index in [-0.39, 0.29) is 5.91 Å². The van der Waals surface area contributed by atoms with Gasteiger partial charge in [0.25, 0.3) is 5.91 Å². The van der Waals surface area contributed by atoms with E-state index in [0.29, 0.717) is 23.7 Å². The zero-order chi connectivity index (χ0) is 20.0. The molecule has 0 spiro atoms. The van der Waals surface area contributed by atoms with Gasteiger partial charge >= 0.3 is 5.97 Å². The summed E-state index contributed by atoms with van der Waals surface area (Å²) in [6.07, 6.45) is 1.21. The number of cyclic esters (lactones) is 1. The molecule has 3 aromatic rings. The Morgan fingerprint density at radius 2 is 2.07 bits per heavy atom. The topological polar surface area (TPSA) is 77.5 Å². The number of benzene rings is 2. The quantitative estimate of drug-likeness (QED) is 0.669. The first-order valence-corrected chi connectivity index (χ1v) is 10.2. The fourth-order valence-corrected chi connectivity index (χ4v) is 4.41. The maximum absolute atomic E-state index is 12.9. The highest BCUT2D eigenvalue weighted by Crippen LogP contribution is 2.33. The van der Waals surface area contributed by atoms with Crippen LogP contribution in [0.1, 0.15) is 28.4 Å². The number of fused-ring (bicyclic) bond motifs is 2. The predicted molar refractivity (Wildman–Crippen MR) is 109 cm³/mol. The monoisotopic (exact) mass is 406 g/mol. The average molecular weight is 406 g/mol. The van der Waals surface area contributed by atoms with Gasteiger partial charge in [0.2, 0.25) is 0 Å². The molecular weight excluding hydrogens is 388 g/mol. The zero-order valence-electron chi connectivity index (χ0n) is 15.7. The molecule has 1 aromatic heterocycles. The number of thiazole rings is 1. The minimum atomic E-state index is -1.28. The van der Waals surface area contributed by atoms with Crippen LogP contribution in [0.4, 0.5) is 5.13 Å². The third-order valence-corrected chi connectivity index (χ3v) is 6.03. The number of amides is 1. The summed E-state index contributed by atoms with van der Waals surface area (Å²) in [5.74, 6) is 0.0538. The van der Waals surface area contributed by atoms with Crippen LogP contribution in [0, 0.1) is 0 Å². The number of aromatic nitrogens is 1. The van der Waals surface area contributed by atoms with E-state index >= 15 is 0 Å². The summed E-state index contributed by atoms with van der Waals surface area (Å²) in [6, 6.07) is 13.2. The third-order valence-electron chi connectivity index (χ3n) is 5.27. The lowest BCUT2D eigenvalue weighted by atomic mass is 9.89. The maximum atomic E-state index is 12.9. The van der Waals surface area contributed by atoms with Gasteiger partial charge in [-0.15, -0.1) is 11.3 Å². The summed E-state index contributed by atoms with van der Waals surface area (Å²) in [7, 11) is 0. The van der Waals surface area contributed by atoms with Crippen LogP contribution in [0.15, 0.2) is 47.8 Å². The van der Waals surface area contributed by atoms with Crippen molar-refractivity contribution < 1.29 is 19.1 Å². The van der Waals surface area contributed by atoms with E-state index < -0.39 is 11.6 Å². The highest BCUT2D eigenvalue weighted by atomic mass is 32.1. The lowest BCUT2D eigenvalue weighted by Crippen LogP contribution is -2.48. The van der Waals surface area contributed by atoms with Crippen molar-refractivity contribution in [3.63, 3.8) is 0 Å². The van der Waals surface area contributed by atoms with Gasteiger partial charge in [-0.05, 0) is 42.3 Å². The number of rotatable bonds is 3. The molecular formula is C22H18N2O4S. The minimum Gasteiger partial charge on any atom is -0.493 e. The summed E-state index contributed by atoms with van der Waals surface area (Å²) in [6.45, 7) is 2.34. The highest BCUT2D eigenvalue weighted by molar-refractivity contribution is 7.14. The zero-order valence-corrected chi connectivity index (χ0v) is 16.5. The number of nitrogens with one attached hydrogen (secondary N) is 1. The predicted octanol–water partition coefficient (Wildman–Crippen LogP) is 3.86. The van der Waals surface area contributed by atoms with Gasteiger partial charge in [-0.1, -0.05) is 18.2 Å². The van der Waals surface area contributed by atoms with Crippen molar-refractivity contribution in [2.24, 2.45) is 0 Å². The molecule has 6 nitrogen and oxygen atoms in total. The lowest BCUT2D eigenvalue weighted by Gasteiger charge is -2.32. The number of carbonyl (C=O) groups is 2. The molecule has 2 aliphatic heterocycles. The van der Waals surface area contributed by atoms with Gasteiger partial charge < -0.3 is 9.47 Å². The smallest absolute Gasteiger partial charge is 0.339 e. The van der Waals surface area contributed by atoms with Crippen molar-refractivity contribution in [3.8, 4) is 17.0 Å². The Labute approximate surface area is 171 Å². The van der Waals surface area contributed by atoms with Gasteiger partial charge in [0, 0.05) is 23.8 Å². The molecule has 7 heteroatoms. The van der Waals surface area contributed by atoms with E-state index in [4.69, 9.17) is 9.47 Å². The summed E-state index contributed by atoms with van der Waals surface area (Å²) >= 11 is 1.34. The van der Waals surface area contributed by atoms with Crippen LogP contribution in [0.5, 0.6) is 5.75 Å². The van der Waals surface area contributed by atoms with E-state index in [0.717, 1.165) is 29.0 Å². The second-order valence-electron chi connectivity index (χ2n) is 7.37. The Hall–Kier alpha value is -3.19. The number of hydrogen-bond donors (Lipinski definition) is 1. The SMILES string of the molecule is CC1(C(=O)Nc2nc(-c3ccc4c(c3)CCO4)cs2)Cc2ccccc2C(=O)O1. The number of ether oxygens (including phenoxy) is 2. The summed E-state index contributed by atoms with van der Waals surface area (Å²) in [5, 5.41) is 5.18. The van der Waals surface area contributed by atoms with Crippen LogP contribution in [-0.2, 0) is 22.4 Å². The molecule has 2 aliphatic rings. The van der Waals surface area contributed by atoms with Crippen molar-refractivity contribution in [1.82, 2.24) is 4.98 Å². The van der Waals surface area contributed by atoms with Gasteiger partial charge in [-0.2, -0.15) is 0 Å². The maximum Gasteiger partial charge on any atom is 0.339 e. The number of anilines is 1. The van der Waals surface area contributed by atoms with Crippen LogP contribution < -0.4 is 10.1 Å². The Bertz CT molecular complexity index is 1140. The lowest BCUT2D eigenvalue weighted by molar-refractivity contribution is -0.134. The average Bonchev–Trinajstić information content (AvgIpc) is 3.36. The minimum absolute atomic E-state index is 0.323. The molecule has 146 valence electrons. The summed E-state index contributed by atoms with van der Waals surface area (Å²) < 4.78 is 11.0. The molecule has 1 amide bonds. The van der Waals surface area contributed by atoms with Crippen molar-refractivity contribution in [1.29, 1.82) is 0 Å². The van der Waals surface area contributed by atoms with Gasteiger partial charge in [0.1, 0.15) is 5.75 Å². The second kappa shape index (κ2) is 6.70. The second-order valence-corrected chi connectivity index (χ2v) is 8.23. The van der Waals surface area contributed by atoms with Crippen LogP contribution in [-0.4, -0.2) is 29.1 Å². The fourth-order valence-electron chi connectivity index (χ4n) is 3.70. The van der Waals surface area contributed by atoms with Gasteiger partial charge in [-0.25, -0.2) is 9.78 Å². The molecule has 1 N–H and O–H groups in total. The normalized spacial score (nSPS) is 19.7. The first kappa shape index (κ1) is 17.9. The molecule has 0 radical (unpaired) electrons. The largest absolute Gasteiger partial charge is 0.493 e. The fraction of sp³-hybridized carbons (Fsp3) is 0.227. The number of hydrogen-bond acceptors (Lipinski definition) is 6. The Kier molecular flexibility index (Phi) is 4.13. The van der Waals surface area contributed by atoms with Gasteiger partial charge in [0.05, 0.1) is 17.9 Å².